The van der Waals surface area contributed by atoms with E-state index in [1.165, 1.54) is 12.1 Å². The Morgan fingerprint density at radius 3 is 2.63 bits per heavy atom. The van der Waals surface area contributed by atoms with Gasteiger partial charge in [-0.1, -0.05) is 27.7 Å². The summed E-state index contributed by atoms with van der Waals surface area (Å²) in [5.74, 6) is -1.14. The number of hydrogen-bond acceptors (Lipinski definition) is 4. The molecule has 1 N–H and O–H groups in total. The molecule has 1 aromatic carbocycles. The van der Waals surface area contributed by atoms with Gasteiger partial charge in [0.1, 0.15) is 0 Å². The average Bonchev–Trinajstić information content (AvgIpc) is 3.13. The average molecular weight is 517 g/mol. The minimum atomic E-state index is -4.68. The highest BCUT2D eigenvalue weighted by Crippen LogP contribution is 2.54. The number of alkyl halides is 3. The molecule has 10 heteroatoms. The minimum absolute atomic E-state index is 0.0223. The molecular formula is C25H32F4N2O3S. The van der Waals surface area contributed by atoms with Crippen LogP contribution in [-0.4, -0.2) is 33.4 Å². The van der Waals surface area contributed by atoms with Gasteiger partial charge < -0.3 is 14.1 Å². The van der Waals surface area contributed by atoms with Crippen LogP contribution in [0, 0.1) is 10.8 Å². The molecule has 1 aromatic heterocycles. The van der Waals surface area contributed by atoms with Crippen molar-refractivity contribution in [3.8, 4) is 11.5 Å². The van der Waals surface area contributed by atoms with Gasteiger partial charge in [0.2, 0.25) is 11.7 Å². The number of carbonyl (C=O) groups is 1. The standard InChI is InChI=1S/C25H32F4N2O3S/c1-14(8-20(32)31-15(2)9-24(5)11-16(31)10-23(3,4)13-24)17-12-30-18-6-7-19(33-29)22(21(17)18)34-35-25(26,27)28/h6-7,12,14-16,30H,8-11,13H2,1-5H3. The lowest BCUT2D eigenvalue weighted by Gasteiger charge is -2.57. The van der Waals surface area contributed by atoms with E-state index in [2.05, 4.69) is 37.6 Å². The van der Waals surface area contributed by atoms with Crippen LogP contribution < -0.4 is 9.12 Å². The molecule has 2 aliphatic rings. The van der Waals surface area contributed by atoms with E-state index in [1.54, 1.807) is 6.20 Å². The van der Waals surface area contributed by atoms with E-state index >= 15 is 0 Å². The summed E-state index contributed by atoms with van der Waals surface area (Å²) in [6, 6.07) is 2.99. The fourth-order valence-corrected chi connectivity index (χ4v) is 7.19. The van der Waals surface area contributed by atoms with Gasteiger partial charge in [0, 0.05) is 34.7 Å². The highest BCUT2D eigenvalue weighted by atomic mass is 32.2. The molecule has 0 radical (unpaired) electrons. The predicted molar refractivity (Wildman–Crippen MR) is 128 cm³/mol. The number of halogens is 4. The number of H-pyrrole nitrogens is 1. The first-order valence-corrected chi connectivity index (χ1v) is 12.6. The molecule has 1 saturated heterocycles. The second-order valence-electron chi connectivity index (χ2n) is 11.4. The molecule has 1 aliphatic heterocycles. The lowest BCUT2D eigenvalue weighted by molar-refractivity contribution is -0.147. The van der Waals surface area contributed by atoms with Crippen molar-refractivity contribution in [1.82, 2.24) is 9.88 Å². The van der Waals surface area contributed by atoms with Gasteiger partial charge in [-0.3, -0.25) is 9.74 Å². The predicted octanol–water partition coefficient (Wildman–Crippen LogP) is 7.68. The van der Waals surface area contributed by atoms with E-state index in [0.29, 0.717) is 11.1 Å². The molecule has 2 aromatic rings. The number of nitrogens with one attached hydrogen (secondary N) is 1. The van der Waals surface area contributed by atoms with Crippen molar-refractivity contribution in [3.05, 3.63) is 23.9 Å². The molecule has 1 aliphatic carbocycles. The Kier molecular flexibility index (Phi) is 6.74. The topological polar surface area (TPSA) is 54.6 Å². The molecule has 4 rings (SSSR count). The monoisotopic (exact) mass is 516 g/mol. The van der Waals surface area contributed by atoms with Crippen LogP contribution in [0.2, 0.25) is 0 Å². The summed E-state index contributed by atoms with van der Waals surface area (Å²) in [7, 11) is 0. The van der Waals surface area contributed by atoms with Crippen LogP contribution in [0.15, 0.2) is 18.3 Å². The van der Waals surface area contributed by atoms with Crippen LogP contribution in [0.25, 0.3) is 10.9 Å². The van der Waals surface area contributed by atoms with Gasteiger partial charge in [-0.2, -0.15) is 13.2 Å². The summed E-state index contributed by atoms with van der Waals surface area (Å²) in [6.07, 6.45) is 5.84. The first-order chi connectivity index (χ1) is 16.2. The third-order valence-corrected chi connectivity index (χ3v) is 7.91. The van der Waals surface area contributed by atoms with E-state index in [-0.39, 0.29) is 52.3 Å². The Bertz CT molecular complexity index is 1100. The molecule has 4 unspecified atom stereocenters. The highest BCUT2D eigenvalue weighted by Gasteiger charge is 2.49. The van der Waals surface area contributed by atoms with Gasteiger partial charge in [0.25, 0.3) is 0 Å². The fraction of sp³-hybridized carbons (Fsp3) is 0.640. The minimum Gasteiger partial charge on any atom is -0.412 e. The summed E-state index contributed by atoms with van der Waals surface area (Å²) in [4.78, 5) is 22.4. The maximum atomic E-state index is 13.6. The van der Waals surface area contributed by atoms with Crippen LogP contribution in [0.1, 0.15) is 78.2 Å². The lowest BCUT2D eigenvalue weighted by atomic mass is 9.58. The van der Waals surface area contributed by atoms with Crippen LogP contribution in [0.5, 0.6) is 11.5 Å². The van der Waals surface area contributed by atoms with Crippen LogP contribution in [0.4, 0.5) is 17.7 Å². The molecule has 194 valence electrons. The molecule has 0 spiro atoms. The quantitative estimate of drug-likeness (QED) is 0.316. The van der Waals surface area contributed by atoms with E-state index in [9.17, 15) is 22.5 Å². The number of amides is 1. The van der Waals surface area contributed by atoms with Crippen molar-refractivity contribution in [1.29, 1.82) is 0 Å². The largest absolute Gasteiger partial charge is 0.479 e. The Morgan fingerprint density at radius 1 is 1.26 bits per heavy atom. The number of nitrogens with zero attached hydrogens (tertiary/aromatic N) is 1. The Balaban J connectivity index is 1.60. The molecule has 2 fully saturated rings. The van der Waals surface area contributed by atoms with Crippen LogP contribution in [-0.2, 0) is 4.79 Å². The summed E-state index contributed by atoms with van der Waals surface area (Å²) in [5, 5.41) is 0.273. The van der Waals surface area contributed by atoms with Crippen molar-refractivity contribution in [2.24, 2.45) is 10.8 Å². The number of fused-ring (bicyclic) bond motifs is 3. The van der Waals surface area contributed by atoms with Crippen LogP contribution in [0.3, 0.4) is 0 Å². The highest BCUT2D eigenvalue weighted by molar-refractivity contribution is 7.95. The number of aromatic nitrogens is 1. The van der Waals surface area contributed by atoms with Crippen molar-refractivity contribution in [3.63, 3.8) is 0 Å². The third-order valence-electron chi connectivity index (χ3n) is 7.47. The molecule has 35 heavy (non-hydrogen) atoms. The lowest BCUT2D eigenvalue weighted by Crippen LogP contribution is -2.58. The maximum absolute atomic E-state index is 13.6. The van der Waals surface area contributed by atoms with Gasteiger partial charge in [0.15, 0.2) is 17.8 Å². The van der Waals surface area contributed by atoms with Crippen molar-refractivity contribution in [2.45, 2.75) is 90.2 Å². The third kappa shape index (κ3) is 5.37. The molecular weight excluding hydrogens is 484 g/mol. The molecule has 5 nitrogen and oxygen atoms in total. The molecule has 2 heterocycles. The van der Waals surface area contributed by atoms with Gasteiger partial charge >= 0.3 is 5.51 Å². The van der Waals surface area contributed by atoms with Gasteiger partial charge in [0.05, 0.1) is 5.39 Å². The Hall–Kier alpha value is -2.10. The molecule has 1 amide bonds. The van der Waals surface area contributed by atoms with Crippen molar-refractivity contribution >= 4 is 28.9 Å². The first-order valence-electron chi connectivity index (χ1n) is 11.9. The SMILES string of the molecule is CC(CC(=O)N1C(C)CC2(C)CC1CC(C)(C)C2)c1c[nH]c2ccc(OF)c(OSC(F)(F)F)c12. The zero-order valence-electron chi connectivity index (χ0n) is 20.6. The number of benzene rings is 1. The van der Waals surface area contributed by atoms with Gasteiger partial charge in [-0.15, -0.1) is 0 Å². The number of likely N-dealkylation sites (tertiary alicyclic amines) is 1. The second-order valence-corrected chi connectivity index (χ2v) is 12.2. The zero-order chi connectivity index (χ0) is 25.8. The summed E-state index contributed by atoms with van der Waals surface area (Å²) in [6.45, 7) is 10.8. The van der Waals surface area contributed by atoms with E-state index in [0.717, 1.165) is 25.7 Å². The van der Waals surface area contributed by atoms with Crippen molar-refractivity contribution in [2.75, 3.05) is 0 Å². The summed E-state index contributed by atoms with van der Waals surface area (Å²) < 4.78 is 56.5. The number of piperidine rings is 1. The fourth-order valence-electron chi connectivity index (χ4n) is 6.85. The number of aromatic amines is 1. The molecule has 2 bridgehead atoms. The van der Waals surface area contributed by atoms with Gasteiger partial charge in [-0.25, -0.2) is 0 Å². The zero-order valence-corrected chi connectivity index (χ0v) is 21.4. The van der Waals surface area contributed by atoms with E-state index in [4.69, 9.17) is 4.18 Å². The molecule has 1 saturated carbocycles. The van der Waals surface area contributed by atoms with Crippen molar-refractivity contribution < 1.29 is 31.6 Å². The second kappa shape index (κ2) is 9.09. The van der Waals surface area contributed by atoms with Crippen LogP contribution >= 0.6 is 12.0 Å². The normalized spacial score (nSPS) is 27.1. The Morgan fingerprint density at radius 2 is 1.97 bits per heavy atom. The van der Waals surface area contributed by atoms with E-state index < -0.39 is 23.3 Å². The number of hydrogen-bond donors (Lipinski definition) is 1. The summed E-state index contributed by atoms with van der Waals surface area (Å²) in [5.41, 5.74) is -3.27. The smallest absolute Gasteiger partial charge is 0.412 e. The maximum Gasteiger partial charge on any atom is 0.479 e. The molecule has 4 atom stereocenters. The van der Waals surface area contributed by atoms with E-state index in [1.807, 2.05) is 11.8 Å². The number of carbonyl (C=O) groups excluding carboxylic acids is 1. The first kappa shape index (κ1) is 26.0. The van der Waals surface area contributed by atoms with Gasteiger partial charge in [-0.05, 0) is 67.1 Å². The summed E-state index contributed by atoms with van der Waals surface area (Å²) >= 11 is -0.735. The Labute approximate surface area is 207 Å². The number of rotatable bonds is 6.